The molecule has 1 heterocycles. The largest absolute Gasteiger partial charge is 0.484 e. The summed E-state index contributed by atoms with van der Waals surface area (Å²) in [5.41, 5.74) is 7.45. The Balaban J connectivity index is 1.56. The van der Waals surface area contributed by atoms with Crippen LogP contribution in [0.2, 0.25) is 0 Å². The number of hydrogen-bond donors (Lipinski definition) is 2. The molecule has 0 saturated heterocycles. The van der Waals surface area contributed by atoms with Crippen molar-refractivity contribution < 1.29 is 14.3 Å². The zero-order chi connectivity index (χ0) is 19.9. The number of rotatable bonds is 6. The van der Waals surface area contributed by atoms with Crippen molar-refractivity contribution in [1.82, 2.24) is 15.8 Å². The van der Waals surface area contributed by atoms with Gasteiger partial charge in [-0.3, -0.25) is 20.4 Å². The Morgan fingerprint density at radius 2 is 1.75 bits per heavy atom. The number of hydrazine groups is 1. The molecular formula is C21H21N3O3S. The van der Waals surface area contributed by atoms with Gasteiger partial charge in [-0.05, 0) is 31.0 Å². The zero-order valence-corrected chi connectivity index (χ0v) is 16.5. The molecule has 2 aromatic carbocycles. The monoisotopic (exact) mass is 395 g/mol. The Kier molecular flexibility index (Phi) is 6.39. The fourth-order valence-corrected chi connectivity index (χ4v) is 3.40. The van der Waals surface area contributed by atoms with Gasteiger partial charge in [0.05, 0.1) is 10.7 Å². The lowest BCUT2D eigenvalue weighted by Gasteiger charge is -2.09. The third-order valence-corrected chi connectivity index (χ3v) is 4.97. The molecule has 0 spiro atoms. The normalized spacial score (nSPS) is 10.4. The van der Waals surface area contributed by atoms with E-state index in [1.807, 2.05) is 61.5 Å². The van der Waals surface area contributed by atoms with E-state index in [0.717, 1.165) is 17.0 Å². The average Bonchev–Trinajstić information content (AvgIpc) is 3.13. The summed E-state index contributed by atoms with van der Waals surface area (Å²) in [4.78, 5) is 29.4. The van der Waals surface area contributed by atoms with Crippen LogP contribution in [0.25, 0.3) is 11.3 Å². The number of thiazole rings is 1. The van der Waals surface area contributed by atoms with Gasteiger partial charge in [-0.25, -0.2) is 4.98 Å². The van der Waals surface area contributed by atoms with E-state index in [2.05, 4.69) is 22.8 Å². The minimum Gasteiger partial charge on any atom is -0.484 e. The van der Waals surface area contributed by atoms with E-state index in [-0.39, 0.29) is 6.61 Å². The average molecular weight is 395 g/mol. The van der Waals surface area contributed by atoms with Gasteiger partial charge < -0.3 is 4.74 Å². The molecule has 0 saturated carbocycles. The Morgan fingerprint density at radius 3 is 2.43 bits per heavy atom. The number of nitrogens with zero attached hydrogens (tertiary/aromatic N) is 1. The maximum Gasteiger partial charge on any atom is 0.282 e. The van der Waals surface area contributed by atoms with Gasteiger partial charge >= 0.3 is 0 Å². The Labute approximate surface area is 167 Å². The standard InChI is InChI=1S/C21H21N3O3S/c1-3-15-9-11-17(12-10-15)27-13-18(25)23-24-21(26)20-19(22-14(2)28-20)16-7-5-4-6-8-16/h4-12H,3,13H2,1-2H3,(H,23,25)(H,24,26). The molecule has 0 unspecified atom stereocenters. The summed E-state index contributed by atoms with van der Waals surface area (Å²) in [6, 6.07) is 17.0. The molecule has 3 rings (SSSR count). The first-order valence-electron chi connectivity index (χ1n) is 8.90. The molecule has 0 bridgehead atoms. The minimum absolute atomic E-state index is 0.195. The van der Waals surface area contributed by atoms with E-state index in [1.54, 1.807) is 0 Å². The highest BCUT2D eigenvalue weighted by Crippen LogP contribution is 2.27. The molecule has 0 fully saturated rings. The van der Waals surface area contributed by atoms with Crippen molar-refractivity contribution >= 4 is 23.2 Å². The summed E-state index contributed by atoms with van der Waals surface area (Å²) >= 11 is 1.28. The van der Waals surface area contributed by atoms with Crippen molar-refractivity contribution in [3.8, 4) is 17.0 Å². The third-order valence-electron chi connectivity index (χ3n) is 4.00. The van der Waals surface area contributed by atoms with Gasteiger partial charge in [-0.15, -0.1) is 11.3 Å². The first kappa shape index (κ1) is 19.6. The number of amides is 2. The molecule has 7 heteroatoms. The lowest BCUT2D eigenvalue weighted by Crippen LogP contribution is -2.43. The molecule has 28 heavy (non-hydrogen) atoms. The number of ether oxygens (including phenoxy) is 1. The highest BCUT2D eigenvalue weighted by Gasteiger charge is 2.18. The molecule has 0 aliphatic heterocycles. The SMILES string of the molecule is CCc1ccc(OCC(=O)NNC(=O)c2sc(C)nc2-c2ccccc2)cc1. The summed E-state index contributed by atoms with van der Waals surface area (Å²) in [5, 5.41) is 0.772. The number of nitrogens with one attached hydrogen (secondary N) is 2. The van der Waals surface area contributed by atoms with E-state index in [1.165, 1.54) is 16.9 Å². The molecule has 2 amide bonds. The van der Waals surface area contributed by atoms with Crippen molar-refractivity contribution in [2.75, 3.05) is 6.61 Å². The van der Waals surface area contributed by atoms with Crippen molar-refractivity contribution in [2.45, 2.75) is 20.3 Å². The Hall–Kier alpha value is -3.19. The second-order valence-electron chi connectivity index (χ2n) is 6.07. The second kappa shape index (κ2) is 9.14. The van der Waals surface area contributed by atoms with E-state index >= 15 is 0 Å². The van der Waals surface area contributed by atoms with Gasteiger partial charge in [0.2, 0.25) is 0 Å². The summed E-state index contributed by atoms with van der Waals surface area (Å²) < 4.78 is 5.43. The van der Waals surface area contributed by atoms with Crippen molar-refractivity contribution in [1.29, 1.82) is 0 Å². The lowest BCUT2D eigenvalue weighted by molar-refractivity contribution is -0.123. The molecule has 1 aromatic heterocycles. The molecule has 144 valence electrons. The molecule has 3 aromatic rings. The second-order valence-corrected chi connectivity index (χ2v) is 7.27. The Bertz CT molecular complexity index is 953. The van der Waals surface area contributed by atoms with Gasteiger partial charge in [-0.1, -0.05) is 49.4 Å². The van der Waals surface area contributed by atoms with E-state index < -0.39 is 11.8 Å². The fraction of sp³-hybridized carbons (Fsp3) is 0.190. The molecule has 0 radical (unpaired) electrons. The van der Waals surface area contributed by atoms with E-state index in [4.69, 9.17) is 4.74 Å². The zero-order valence-electron chi connectivity index (χ0n) is 15.7. The molecular weight excluding hydrogens is 374 g/mol. The van der Waals surface area contributed by atoms with Crippen LogP contribution < -0.4 is 15.6 Å². The number of carbonyl (C=O) groups is 2. The summed E-state index contributed by atoms with van der Waals surface area (Å²) in [6.07, 6.45) is 0.939. The van der Waals surface area contributed by atoms with Crippen LogP contribution in [0, 0.1) is 6.92 Å². The summed E-state index contributed by atoms with van der Waals surface area (Å²) in [6.45, 7) is 3.71. The fourth-order valence-electron chi connectivity index (χ4n) is 2.56. The van der Waals surface area contributed by atoms with Crippen LogP contribution in [0.15, 0.2) is 54.6 Å². The highest BCUT2D eigenvalue weighted by atomic mass is 32.1. The maximum atomic E-state index is 12.5. The first-order chi connectivity index (χ1) is 13.6. The van der Waals surface area contributed by atoms with Gasteiger partial charge in [0.25, 0.3) is 11.8 Å². The molecule has 2 N–H and O–H groups in total. The predicted molar refractivity (Wildman–Crippen MR) is 109 cm³/mol. The topological polar surface area (TPSA) is 80.3 Å². The Morgan fingerprint density at radius 1 is 1.04 bits per heavy atom. The third kappa shape index (κ3) is 4.95. The van der Waals surface area contributed by atoms with Gasteiger partial charge in [0.15, 0.2) is 6.61 Å². The first-order valence-corrected chi connectivity index (χ1v) is 9.72. The van der Waals surface area contributed by atoms with Crippen LogP contribution in [0.3, 0.4) is 0 Å². The number of aryl methyl sites for hydroxylation is 2. The quantitative estimate of drug-likeness (QED) is 0.626. The van der Waals surface area contributed by atoms with E-state index in [9.17, 15) is 9.59 Å². The van der Waals surface area contributed by atoms with Crippen LogP contribution in [0.5, 0.6) is 5.75 Å². The smallest absolute Gasteiger partial charge is 0.282 e. The van der Waals surface area contributed by atoms with Crippen molar-refractivity contribution in [3.05, 3.63) is 70.0 Å². The lowest BCUT2D eigenvalue weighted by atomic mass is 10.1. The van der Waals surface area contributed by atoms with Crippen LogP contribution in [-0.4, -0.2) is 23.4 Å². The molecule has 6 nitrogen and oxygen atoms in total. The van der Waals surface area contributed by atoms with Gasteiger partial charge in [0, 0.05) is 5.56 Å². The predicted octanol–water partition coefficient (Wildman–Crippen LogP) is 3.52. The summed E-state index contributed by atoms with van der Waals surface area (Å²) in [5.74, 6) is -0.261. The summed E-state index contributed by atoms with van der Waals surface area (Å²) in [7, 11) is 0. The molecule has 0 atom stereocenters. The number of hydrogen-bond acceptors (Lipinski definition) is 5. The van der Waals surface area contributed by atoms with Gasteiger partial charge in [0.1, 0.15) is 10.6 Å². The molecule has 0 aliphatic rings. The van der Waals surface area contributed by atoms with Crippen LogP contribution in [0.1, 0.15) is 27.2 Å². The number of carbonyl (C=O) groups excluding carboxylic acids is 2. The van der Waals surface area contributed by atoms with Crippen LogP contribution >= 0.6 is 11.3 Å². The van der Waals surface area contributed by atoms with E-state index in [0.29, 0.717) is 16.3 Å². The van der Waals surface area contributed by atoms with Gasteiger partial charge in [-0.2, -0.15) is 0 Å². The highest BCUT2D eigenvalue weighted by molar-refractivity contribution is 7.14. The number of benzene rings is 2. The maximum absolute atomic E-state index is 12.5. The van der Waals surface area contributed by atoms with Crippen molar-refractivity contribution in [3.63, 3.8) is 0 Å². The van der Waals surface area contributed by atoms with Crippen LogP contribution in [-0.2, 0) is 11.2 Å². The van der Waals surface area contributed by atoms with Crippen LogP contribution in [0.4, 0.5) is 0 Å². The minimum atomic E-state index is -0.449. The number of aromatic nitrogens is 1. The van der Waals surface area contributed by atoms with Crippen molar-refractivity contribution in [2.24, 2.45) is 0 Å². The molecule has 0 aliphatic carbocycles.